The van der Waals surface area contributed by atoms with Crippen molar-refractivity contribution in [2.45, 2.75) is 6.54 Å². The average molecular weight is 344 g/mol. The zero-order chi connectivity index (χ0) is 17.1. The number of para-hydroxylation sites is 2. The van der Waals surface area contributed by atoms with Crippen LogP contribution in [0.4, 0.5) is 5.69 Å². The van der Waals surface area contributed by atoms with Gasteiger partial charge < -0.3 is 20.4 Å². The number of anilines is 1. The smallest absolute Gasteiger partial charge is 0.193 e. The van der Waals surface area contributed by atoms with Crippen LogP contribution < -0.4 is 15.8 Å². The Morgan fingerprint density at radius 3 is 2.83 bits per heavy atom. The van der Waals surface area contributed by atoms with E-state index >= 15 is 0 Å². The summed E-state index contributed by atoms with van der Waals surface area (Å²) >= 11 is 6.09. The maximum absolute atomic E-state index is 6.09. The van der Waals surface area contributed by atoms with Gasteiger partial charge >= 0.3 is 0 Å². The Bertz CT molecular complexity index is 903. The van der Waals surface area contributed by atoms with Crippen molar-refractivity contribution in [3.8, 4) is 5.75 Å². The van der Waals surface area contributed by atoms with E-state index in [-0.39, 0.29) is 0 Å². The number of nitrogens with zero attached hydrogens (tertiary/aromatic N) is 3. The van der Waals surface area contributed by atoms with E-state index in [0.717, 1.165) is 22.5 Å². The van der Waals surface area contributed by atoms with Gasteiger partial charge in [-0.15, -0.1) is 0 Å². The number of nitrogens with one attached hydrogen (secondary N) is 1. The molecule has 0 saturated carbocycles. The molecule has 0 aliphatic rings. The van der Waals surface area contributed by atoms with Crippen LogP contribution in [0.3, 0.4) is 0 Å². The van der Waals surface area contributed by atoms with Crippen molar-refractivity contribution < 1.29 is 4.74 Å². The Morgan fingerprint density at radius 1 is 1.33 bits per heavy atom. The molecule has 124 valence electrons. The largest absolute Gasteiger partial charge is 0.495 e. The molecule has 0 radical (unpaired) electrons. The first-order valence-corrected chi connectivity index (χ1v) is 7.77. The molecular formula is C17H18ClN5O. The van der Waals surface area contributed by atoms with Crippen LogP contribution in [0, 0.1) is 0 Å². The molecule has 0 saturated heterocycles. The summed E-state index contributed by atoms with van der Waals surface area (Å²) in [6, 6.07) is 13.3. The van der Waals surface area contributed by atoms with Crippen LogP contribution in [0.2, 0.25) is 5.02 Å². The molecule has 3 N–H and O–H groups in total. The maximum Gasteiger partial charge on any atom is 0.193 e. The fourth-order valence-electron chi connectivity index (χ4n) is 2.42. The van der Waals surface area contributed by atoms with Gasteiger partial charge in [-0.25, -0.2) is 9.98 Å². The summed E-state index contributed by atoms with van der Waals surface area (Å²) in [6.45, 7) is 0.383. The molecule has 0 aliphatic heterocycles. The predicted molar refractivity (Wildman–Crippen MR) is 97.7 cm³/mol. The average Bonchev–Trinajstić information content (AvgIpc) is 2.90. The minimum atomic E-state index is 0.295. The van der Waals surface area contributed by atoms with Crippen molar-refractivity contribution in [2.75, 3.05) is 12.4 Å². The number of halogens is 1. The van der Waals surface area contributed by atoms with E-state index in [0.29, 0.717) is 23.3 Å². The minimum absolute atomic E-state index is 0.295. The van der Waals surface area contributed by atoms with Crippen molar-refractivity contribution in [2.24, 2.45) is 17.8 Å². The summed E-state index contributed by atoms with van der Waals surface area (Å²) in [5, 5.41) is 3.51. The summed E-state index contributed by atoms with van der Waals surface area (Å²) in [7, 11) is 3.54. The van der Waals surface area contributed by atoms with Crippen LogP contribution in [-0.2, 0) is 13.6 Å². The lowest BCUT2D eigenvalue weighted by molar-refractivity contribution is 0.415. The number of methoxy groups -OCH3 is 1. The third-order valence-corrected chi connectivity index (χ3v) is 3.99. The third kappa shape index (κ3) is 3.28. The molecular weight excluding hydrogens is 326 g/mol. The third-order valence-electron chi connectivity index (χ3n) is 3.69. The molecule has 2 aromatic carbocycles. The van der Waals surface area contributed by atoms with Crippen molar-refractivity contribution in [1.29, 1.82) is 0 Å². The standard InChI is InChI=1S/C17H18ClN5O/c1-23-14-6-4-3-5-13(14)22-16(23)10-20-17(19)21-11-7-8-15(24-2)12(18)9-11/h3-9H,10H2,1-2H3,(H3,19,20,21). The molecule has 24 heavy (non-hydrogen) atoms. The van der Waals surface area contributed by atoms with E-state index in [9.17, 15) is 0 Å². The van der Waals surface area contributed by atoms with Gasteiger partial charge in [0.25, 0.3) is 0 Å². The molecule has 3 rings (SSSR count). The number of rotatable bonds is 4. The molecule has 0 spiro atoms. The molecule has 0 atom stereocenters. The van der Waals surface area contributed by atoms with Crippen molar-refractivity contribution in [3.63, 3.8) is 0 Å². The maximum atomic E-state index is 6.09. The first kappa shape index (κ1) is 16.1. The Morgan fingerprint density at radius 2 is 2.12 bits per heavy atom. The Hall–Kier alpha value is -2.73. The van der Waals surface area contributed by atoms with Crippen LogP contribution in [0.1, 0.15) is 5.82 Å². The van der Waals surface area contributed by atoms with Gasteiger partial charge in [0.1, 0.15) is 18.1 Å². The molecule has 0 amide bonds. The van der Waals surface area contributed by atoms with Gasteiger partial charge in [0.05, 0.1) is 23.2 Å². The highest BCUT2D eigenvalue weighted by Gasteiger charge is 2.07. The number of benzene rings is 2. The molecule has 0 bridgehead atoms. The Labute approximate surface area is 144 Å². The number of hydrogen-bond acceptors (Lipinski definition) is 3. The van der Waals surface area contributed by atoms with E-state index in [4.69, 9.17) is 22.1 Å². The van der Waals surface area contributed by atoms with E-state index < -0.39 is 0 Å². The molecule has 0 fully saturated rings. The predicted octanol–water partition coefficient (Wildman–Crippen LogP) is 3.16. The lowest BCUT2D eigenvalue weighted by atomic mass is 10.3. The first-order chi connectivity index (χ1) is 11.6. The van der Waals surface area contributed by atoms with Gasteiger partial charge in [-0.1, -0.05) is 23.7 Å². The number of aliphatic imine (C=N–C) groups is 1. The highest BCUT2D eigenvalue weighted by molar-refractivity contribution is 6.32. The summed E-state index contributed by atoms with van der Waals surface area (Å²) in [4.78, 5) is 8.91. The zero-order valence-corrected chi connectivity index (χ0v) is 14.2. The molecule has 0 unspecified atom stereocenters. The highest BCUT2D eigenvalue weighted by Crippen LogP contribution is 2.27. The number of aromatic nitrogens is 2. The SMILES string of the molecule is COc1ccc(NC(N)=NCc2nc3ccccc3n2C)cc1Cl. The lowest BCUT2D eigenvalue weighted by Crippen LogP contribution is -2.22. The van der Waals surface area contributed by atoms with Gasteiger partial charge in [0, 0.05) is 12.7 Å². The highest BCUT2D eigenvalue weighted by atomic mass is 35.5. The summed E-state index contributed by atoms with van der Waals surface area (Å²) in [5.74, 6) is 1.74. The Kier molecular flexibility index (Phi) is 4.57. The fourth-order valence-corrected chi connectivity index (χ4v) is 2.68. The second kappa shape index (κ2) is 6.80. The molecule has 1 aromatic heterocycles. The molecule has 3 aromatic rings. The van der Waals surface area contributed by atoms with Gasteiger partial charge in [0.15, 0.2) is 5.96 Å². The Balaban J connectivity index is 1.73. The van der Waals surface area contributed by atoms with Crippen LogP contribution in [-0.4, -0.2) is 22.6 Å². The van der Waals surface area contributed by atoms with Crippen LogP contribution in [0.5, 0.6) is 5.75 Å². The van der Waals surface area contributed by atoms with Crippen molar-refractivity contribution in [3.05, 3.63) is 53.3 Å². The topological polar surface area (TPSA) is 77.5 Å². The normalized spacial score (nSPS) is 11.7. The summed E-state index contributed by atoms with van der Waals surface area (Å²) in [6.07, 6.45) is 0. The number of guanidine groups is 1. The minimum Gasteiger partial charge on any atom is -0.495 e. The fraction of sp³-hybridized carbons (Fsp3) is 0.176. The quantitative estimate of drug-likeness (QED) is 0.563. The second-order valence-electron chi connectivity index (χ2n) is 5.25. The van der Waals surface area contributed by atoms with Crippen LogP contribution >= 0.6 is 11.6 Å². The van der Waals surface area contributed by atoms with Gasteiger partial charge in [-0.2, -0.15) is 0 Å². The summed E-state index contributed by atoms with van der Waals surface area (Å²) < 4.78 is 7.13. The van der Waals surface area contributed by atoms with E-state index in [1.807, 2.05) is 41.9 Å². The lowest BCUT2D eigenvalue weighted by Gasteiger charge is -2.08. The summed E-state index contributed by atoms with van der Waals surface area (Å²) in [5.41, 5.74) is 8.70. The van der Waals surface area contributed by atoms with E-state index in [1.165, 1.54) is 0 Å². The molecule has 7 heteroatoms. The van der Waals surface area contributed by atoms with Crippen molar-refractivity contribution in [1.82, 2.24) is 9.55 Å². The zero-order valence-electron chi connectivity index (χ0n) is 13.5. The number of aryl methyl sites for hydroxylation is 1. The number of fused-ring (bicyclic) bond motifs is 1. The van der Waals surface area contributed by atoms with Gasteiger partial charge in [0.2, 0.25) is 0 Å². The number of hydrogen-bond donors (Lipinski definition) is 2. The number of ether oxygens (including phenoxy) is 1. The molecule has 0 aliphatic carbocycles. The molecule has 1 heterocycles. The number of imidazole rings is 1. The van der Waals surface area contributed by atoms with Crippen LogP contribution in [0.15, 0.2) is 47.5 Å². The number of nitrogens with two attached hydrogens (primary N) is 1. The molecule has 6 nitrogen and oxygen atoms in total. The monoisotopic (exact) mass is 343 g/mol. The first-order valence-electron chi connectivity index (χ1n) is 7.39. The second-order valence-corrected chi connectivity index (χ2v) is 5.66. The van der Waals surface area contributed by atoms with E-state index in [2.05, 4.69) is 15.3 Å². The van der Waals surface area contributed by atoms with E-state index in [1.54, 1.807) is 19.2 Å². The van der Waals surface area contributed by atoms with Gasteiger partial charge in [-0.05, 0) is 30.3 Å². The van der Waals surface area contributed by atoms with Gasteiger partial charge in [-0.3, -0.25) is 0 Å². The van der Waals surface area contributed by atoms with Crippen molar-refractivity contribution >= 4 is 34.3 Å². The van der Waals surface area contributed by atoms with Crippen LogP contribution in [0.25, 0.3) is 11.0 Å².